The number of aromatic nitrogens is 4. The lowest BCUT2D eigenvalue weighted by Gasteiger charge is -2.37. The topological polar surface area (TPSA) is 61.6 Å². The Labute approximate surface area is 131 Å². The second-order valence-corrected chi connectivity index (χ2v) is 6.51. The van der Waals surface area contributed by atoms with E-state index in [2.05, 4.69) is 64.4 Å². The Morgan fingerprint density at radius 2 is 2.14 bits per heavy atom. The summed E-state index contributed by atoms with van der Waals surface area (Å²) in [5, 5.41) is 16.3. The van der Waals surface area contributed by atoms with Crippen molar-refractivity contribution in [1.82, 2.24) is 29.6 Å². The summed E-state index contributed by atoms with van der Waals surface area (Å²) >= 11 is 0. The summed E-state index contributed by atoms with van der Waals surface area (Å²) < 4.78 is 1.76. The van der Waals surface area contributed by atoms with Gasteiger partial charge in [0.25, 0.3) is 0 Å². The summed E-state index contributed by atoms with van der Waals surface area (Å²) in [6.07, 6.45) is 1.66. The van der Waals surface area contributed by atoms with Crippen LogP contribution in [-0.4, -0.2) is 75.9 Å². The number of nitrogens with one attached hydrogen (secondary N) is 1. The number of nitrogens with zero attached hydrogens (tertiary/aromatic N) is 6. The summed E-state index contributed by atoms with van der Waals surface area (Å²) in [7, 11) is 4.37. The summed E-state index contributed by atoms with van der Waals surface area (Å²) in [6.45, 7) is 8.50. The summed E-state index contributed by atoms with van der Waals surface area (Å²) in [6, 6.07) is 2.60. The van der Waals surface area contributed by atoms with Crippen LogP contribution in [0, 0.1) is 0 Å². The molecule has 1 N–H and O–H groups in total. The second kappa shape index (κ2) is 6.18. The molecule has 1 saturated heterocycles. The predicted octanol–water partition coefficient (Wildman–Crippen LogP) is 0.905. The first-order chi connectivity index (χ1) is 10.5. The first-order valence-electron chi connectivity index (χ1n) is 7.88. The molecule has 22 heavy (non-hydrogen) atoms. The fourth-order valence-corrected chi connectivity index (χ4v) is 2.81. The quantitative estimate of drug-likeness (QED) is 0.906. The minimum Gasteiger partial charge on any atom is -0.380 e. The van der Waals surface area contributed by atoms with Gasteiger partial charge in [-0.05, 0) is 26.1 Å². The minimum atomic E-state index is 0.371. The third kappa shape index (κ3) is 3.05. The molecule has 0 bridgehead atoms. The SMILES string of the molecule is CC(C)c1cc(NCC2CN(C)CCN2C)c2nncn2n1. The number of fused-ring (bicyclic) bond motifs is 1. The van der Waals surface area contributed by atoms with Crippen molar-refractivity contribution >= 4 is 11.3 Å². The molecular weight excluding hydrogens is 278 g/mol. The molecule has 2 aromatic heterocycles. The molecule has 3 heterocycles. The van der Waals surface area contributed by atoms with Crippen LogP contribution in [0.15, 0.2) is 12.4 Å². The highest BCUT2D eigenvalue weighted by Gasteiger charge is 2.22. The summed E-state index contributed by atoms with van der Waals surface area (Å²) in [5.74, 6) is 0.371. The molecule has 0 saturated carbocycles. The van der Waals surface area contributed by atoms with Gasteiger partial charge in [-0.1, -0.05) is 13.8 Å². The number of likely N-dealkylation sites (N-methyl/N-ethyl adjacent to an activating group) is 2. The molecule has 3 rings (SSSR count). The number of rotatable bonds is 4. The normalized spacial score (nSPS) is 20.9. The van der Waals surface area contributed by atoms with Gasteiger partial charge < -0.3 is 10.2 Å². The van der Waals surface area contributed by atoms with E-state index in [4.69, 9.17) is 0 Å². The fourth-order valence-electron chi connectivity index (χ4n) is 2.81. The lowest BCUT2D eigenvalue weighted by atomic mass is 10.1. The molecule has 1 atom stereocenters. The van der Waals surface area contributed by atoms with Gasteiger partial charge in [0, 0.05) is 32.2 Å². The van der Waals surface area contributed by atoms with E-state index in [0.717, 1.165) is 43.2 Å². The number of hydrogen-bond acceptors (Lipinski definition) is 6. The van der Waals surface area contributed by atoms with Crippen LogP contribution in [0.3, 0.4) is 0 Å². The van der Waals surface area contributed by atoms with Gasteiger partial charge in [-0.15, -0.1) is 10.2 Å². The fraction of sp³-hybridized carbons (Fsp3) is 0.667. The first-order valence-corrected chi connectivity index (χ1v) is 7.88. The van der Waals surface area contributed by atoms with Gasteiger partial charge in [0.2, 0.25) is 5.65 Å². The number of hydrogen-bond donors (Lipinski definition) is 1. The van der Waals surface area contributed by atoms with Gasteiger partial charge in [0.15, 0.2) is 0 Å². The highest BCUT2D eigenvalue weighted by molar-refractivity contribution is 5.66. The molecule has 7 heteroatoms. The Bertz CT molecular complexity index is 636. The van der Waals surface area contributed by atoms with E-state index in [0.29, 0.717) is 12.0 Å². The molecule has 1 aliphatic heterocycles. The number of piperazine rings is 1. The van der Waals surface area contributed by atoms with Crippen molar-refractivity contribution in [3.8, 4) is 0 Å². The Balaban J connectivity index is 1.79. The molecule has 1 fully saturated rings. The van der Waals surface area contributed by atoms with Crippen molar-refractivity contribution in [2.75, 3.05) is 45.6 Å². The van der Waals surface area contributed by atoms with Gasteiger partial charge in [-0.2, -0.15) is 9.61 Å². The van der Waals surface area contributed by atoms with Crippen LogP contribution in [0.2, 0.25) is 0 Å². The van der Waals surface area contributed by atoms with Crippen molar-refractivity contribution in [3.63, 3.8) is 0 Å². The molecule has 1 unspecified atom stereocenters. The molecule has 7 nitrogen and oxygen atoms in total. The second-order valence-electron chi connectivity index (χ2n) is 6.51. The molecule has 1 aliphatic rings. The van der Waals surface area contributed by atoms with Gasteiger partial charge in [0.05, 0.1) is 11.4 Å². The lowest BCUT2D eigenvalue weighted by molar-refractivity contribution is 0.122. The van der Waals surface area contributed by atoms with Crippen molar-refractivity contribution in [1.29, 1.82) is 0 Å². The van der Waals surface area contributed by atoms with Gasteiger partial charge in [-0.25, -0.2) is 0 Å². The van der Waals surface area contributed by atoms with Gasteiger partial charge in [0.1, 0.15) is 6.33 Å². The van der Waals surface area contributed by atoms with E-state index in [-0.39, 0.29) is 0 Å². The van der Waals surface area contributed by atoms with E-state index < -0.39 is 0 Å². The average Bonchev–Trinajstić information content (AvgIpc) is 2.96. The summed E-state index contributed by atoms with van der Waals surface area (Å²) in [4.78, 5) is 4.80. The van der Waals surface area contributed by atoms with Crippen LogP contribution in [0.25, 0.3) is 5.65 Å². The first kappa shape index (κ1) is 15.2. The zero-order chi connectivity index (χ0) is 15.7. The van der Waals surface area contributed by atoms with E-state index in [9.17, 15) is 0 Å². The van der Waals surface area contributed by atoms with E-state index >= 15 is 0 Å². The van der Waals surface area contributed by atoms with Crippen LogP contribution >= 0.6 is 0 Å². The van der Waals surface area contributed by atoms with E-state index in [1.54, 1.807) is 10.8 Å². The van der Waals surface area contributed by atoms with Crippen molar-refractivity contribution < 1.29 is 0 Å². The number of anilines is 1. The highest BCUT2D eigenvalue weighted by atomic mass is 15.4. The van der Waals surface area contributed by atoms with Crippen LogP contribution < -0.4 is 5.32 Å². The maximum absolute atomic E-state index is 4.55. The molecule has 0 radical (unpaired) electrons. The summed E-state index contributed by atoms with van der Waals surface area (Å²) in [5.41, 5.74) is 2.85. The maximum Gasteiger partial charge on any atom is 0.200 e. The zero-order valence-corrected chi connectivity index (χ0v) is 13.8. The van der Waals surface area contributed by atoms with E-state index in [1.807, 2.05) is 0 Å². The Hall–Kier alpha value is -1.73. The third-order valence-electron chi connectivity index (χ3n) is 4.39. The average molecular weight is 303 g/mol. The molecule has 0 aromatic carbocycles. The van der Waals surface area contributed by atoms with E-state index in [1.165, 1.54) is 0 Å². The smallest absolute Gasteiger partial charge is 0.200 e. The largest absolute Gasteiger partial charge is 0.380 e. The molecule has 0 spiro atoms. The standard InChI is InChI=1S/C15H25N7/c1-11(2)13-7-14(15-18-17-10-22(15)19-13)16-8-12-9-20(3)5-6-21(12)4/h7,10-12,16H,5-6,8-9H2,1-4H3. The Kier molecular flexibility index (Phi) is 4.26. The Morgan fingerprint density at radius 3 is 2.91 bits per heavy atom. The van der Waals surface area contributed by atoms with Gasteiger partial charge >= 0.3 is 0 Å². The monoisotopic (exact) mass is 303 g/mol. The predicted molar refractivity (Wildman–Crippen MR) is 87.3 cm³/mol. The van der Waals surface area contributed by atoms with Crippen LogP contribution in [0.5, 0.6) is 0 Å². The molecule has 2 aromatic rings. The minimum absolute atomic E-state index is 0.371. The highest BCUT2D eigenvalue weighted by Crippen LogP contribution is 2.20. The van der Waals surface area contributed by atoms with Crippen molar-refractivity contribution in [2.45, 2.75) is 25.8 Å². The van der Waals surface area contributed by atoms with Crippen molar-refractivity contribution in [2.24, 2.45) is 0 Å². The zero-order valence-electron chi connectivity index (χ0n) is 13.8. The molecule has 0 aliphatic carbocycles. The molecule has 0 amide bonds. The molecular formula is C15H25N7. The lowest BCUT2D eigenvalue weighted by Crippen LogP contribution is -2.52. The third-order valence-corrected chi connectivity index (χ3v) is 4.39. The molecule has 120 valence electrons. The van der Waals surface area contributed by atoms with Gasteiger partial charge in [-0.3, -0.25) is 4.90 Å². The van der Waals surface area contributed by atoms with Crippen LogP contribution in [0.4, 0.5) is 5.69 Å². The maximum atomic E-state index is 4.55. The van der Waals surface area contributed by atoms with Crippen LogP contribution in [-0.2, 0) is 0 Å². The Morgan fingerprint density at radius 1 is 1.32 bits per heavy atom. The van der Waals surface area contributed by atoms with Crippen LogP contribution in [0.1, 0.15) is 25.5 Å². The van der Waals surface area contributed by atoms with Crippen molar-refractivity contribution in [3.05, 3.63) is 18.1 Å².